The minimum Gasteiger partial charge on any atom is -0.315 e. The van der Waals surface area contributed by atoms with E-state index in [4.69, 9.17) is 0 Å². The maximum Gasteiger partial charge on any atom is 0.258 e. The normalized spacial score (nSPS) is 22.5. The largest absolute Gasteiger partial charge is 0.315 e. The molecular weight excluding hydrogens is 374 g/mol. The van der Waals surface area contributed by atoms with E-state index in [1.165, 1.54) is 0 Å². The molecule has 0 spiro atoms. The molecule has 1 amide bonds. The molecule has 2 unspecified atom stereocenters. The fourth-order valence-corrected chi connectivity index (χ4v) is 5.30. The third-order valence-corrected chi connectivity index (χ3v) is 6.85. The highest BCUT2D eigenvalue weighted by Gasteiger charge is 2.32. The Morgan fingerprint density at radius 3 is 2.73 bits per heavy atom. The Kier molecular flexibility index (Phi) is 5.00. The molecule has 140 valence electrons. The number of halogens is 1. The maximum absolute atomic E-state index is 13.0. The Labute approximate surface area is 159 Å². The van der Waals surface area contributed by atoms with Crippen LogP contribution in [0.15, 0.2) is 35.2 Å². The van der Waals surface area contributed by atoms with Crippen molar-refractivity contribution in [3.63, 3.8) is 0 Å². The van der Waals surface area contributed by atoms with Crippen LogP contribution in [0.2, 0.25) is 0 Å². The lowest BCUT2D eigenvalue weighted by Gasteiger charge is -2.30. The predicted molar refractivity (Wildman–Crippen MR) is 105 cm³/mol. The van der Waals surface area contributed by atoms with Crippen LogP contribution in [0.3, 0.4) is 0 Å². The van der Waals surface area contributed by atoms with E-state index in [2.05, 4.69) is 17.0 Å². The highest BCUT2D eigenvalue weighted by atomic mass is 35.5. The summed E-state index contributed by atoms with van der Waals surface area (Å²) in [7, 11) is -1.97. The summed E-state index contributed by atoms with van der Waals surface area (Å²) in [6, 6.07) is 8.43. The molecular formula is C18H22ClN3O3S. The molecule has 2 aliphatic heterocycles. The van der Waals surface area contributed by atoms with Gasteiger partial charge in [-0.05, 0) is 37.1 Å². The van der Waals surface area contributed by atoms with Gasteiger partial charge in [0.1, 0.15) is 0 Å². The molecule has 0 saturated carbocycles. The van der Waals surface area contributed by atoms with Crippen molar-refractivity contribution < 1.29 is 13.2 Å². The molecule has 0 aliphatic carbocycles. The molecule has 2 N–H and O–H groups in total. The lowest BCUT2D eigenvalue weighted by Crippen LogP contribution is -2.50. The zero-order valence-corrected chi connectivity index (χ0v) is 16.3. The van der Waals surface area contributed by atoms with Gasteiger partial charge in [-0.25, -0.2) is 13.1 Å². The Hall–Kier alpha value is -1.67. The van der Waals surface area contributed by atoms with E-state index in [0.29, 0.717) is 22.9 Å². The van der Waals surface area contributed by atoms with Crippen molar-refractivity contribution in [2.24, 2.45) is 5.92 Å². The van der Waals surface area contributed by atoms with Crippen molar-refractivity contribution in [1.29, 1.82) is 0 Å². The predicted octanol–water partition coefficient (Wildman–Crippen LogP) is 2.13. The van der Waals surface area contributed by atoms with Gasteiger partial charge >= 0.3 is 0 Å². The highest BCUT2D eigenvalue weighted by Crippen LogP contribution is 2.39. The van der Waals surface area contributed by atoms with Crippen LogP contribution in [0, 0.1) is 5.92 Å². The number of carbonyl (C=O) groups excluding carboxylic acids is 1. The standard InChI is InChI=1S/C18H21N3O3S.ClH/c1-11-8-9-19-10-14(11)20-25(23,24)16-7-6-15-17-12(16)4-3-5-13(17)18(22)21(15)2;/h3-7,11,14,19-20H,8-10H2,1-2H3;1H. The first-order valence-electron chi connectivity index (χ1n) is 8.47. The van der Waals surface area contributed by atoms with Gasteiger partial charge in [-0.3, -0.25) is 4.79 Å². The number of hydrogen-bond donors (Lipinski definition) is 2. The van der Waals surface area contributed by atoms with Crippen molar-refractivity contribution in [2.75, 3.05) is 25.0 Å². The maximum atomic E-state index is 13.0. The summed E-state index contributed by atoms with van der Waals surface area (Å²) in [6.45, 7) is 3.60. The second-order valence-corrected chi connectivity index (χ2v) is 8.56. The van der Waals surface area contributed by atoms with Gasteiger partial charge in [-0.15, -0.1) is 12.4 Å². The molecule has 6 nitrogen and oxygen atoms in total. The second kappa shape index (κ2) is 6.81. The summed E-state index contributed by atoms with van der Waals surface area (Å²) >= 11 is 0. The number of sulfonamides is 1. The monoisotopic (exact) mass is 395 g/mol. The molecule has 1 saturated heterocycles. The number of carbonyl (C=O) groups is 1. The molecule has 8 heteroatoms. The molecule has 2 heterocycles. The number of benzene rings is 2. The molecule has 2 aliphatic rings. The lowest BCUT2D eigenvalue weighted by atomic mass is 9.96. The molecule has 0 bridgehead atoms. The summed E-state index contributed by atoms with van der Waals surface area (Å²) in [6.07, 6.45) is 0.941. The molecule has 0 radical (unpaired) electrons. The summed E-state index contributed by atoms with van der Waals surface area (Å²) in [5.41, 5.74) is 1.31. The first-order chi connectivity index (χ1) is 11.9. The highest BCUT2D eigenvalue weighted by molar-refractivity contribution is 7.89. The van der Waals surface area contributed by atoms with E-state index in [1.54, 1.807) is 42.3 Å². The van der Waals surface area contributed by atoms with E-state index in [-0.39, 0.29) is 35.2 Å². The van der Waals surface area contributed by atoms with Crippen molar-refractivity contribution in [2.45, 2.75) is 24.3 Å². The molecule has 2 aromatic carbocycles. The quantitative estimate of drug-likeness (QED) is 0.834. The van der Waals surface area contributed by atoms with Crippen molar-refractivity contribution in [1.82, 2.24) is 10.0 Å². The average Bonchev–Trinajstić information content (AvgIpc) is 2.84. The van der Waals surface area contributed by atoms with Gasteiger partial charge in [0.25, 0.3) is 5.91 Å². The number of amides is 1. The van der Waals surface area contributed by atoms with E-state index in [1.807, 2.05) is 0 Å². The van der Waals surface area contributed by atoms with Gasteiger partial charge in [0.05, 0.1) is 10.6 Å². The van der Waals surface area contributed by atoms with Gasteiger partial charge in [0.2, 0.25) is 10.0 Å². The second-order valence-electron chi connectivity index (χ2n) is 6.87. The number of nitrogens with zero attached hydrogens (tertiary/aromatic N) is 1. The van der Waals surface area contributed by atoms with Gasteiger partial charge in [0, 0.05) is 36.0 Å². The van der Waals surface area contributed by atoms with Crippen molar-refractivity contribution >= 4 is 44.8 Å². The molecule has 2 atom stereocenters. The first-order valence-corrected chi connectivity index (χ1v) is 9.95. The number of anilines is 1. The number of rotatable bonds is 3. The number of piperidine rings is 1. The van der Waals surface area contributed by atoms with Crippen molar-refractivity contribution in [3.05, 3.63) is 35.9 Å². The van der Waals surface area contributed by atoms with Gasteiger partial charge in [-0.1, -0.05) is 19.1 Å². The SMILES string of the molecule is CC1CCNCC1NS(=O)(=O)c1ccc2c3c(cccc13)C(=O)N2C.Cl. The Bertz CT molecular complexity index is 977. The van der Waals surface area contributed by atoms with Gasteiger partial charge in [0.15, 0.2) is 0 Å². The van der Waals surface area contributed by atoms with E-state index in [9.17, 15) is 13.2 Å². The van der Waals surface area contributed by atoms with E-state index >= 15 is 0 Å². The third kappa shape index (κ3) is 2.89. The van der Waals surface area contributed by atoms with Crippen LogP contribution in [0.1, 0.15) is 23.7 Å². The fraction of sp³-hybridized carbons (Fsp3) is 0.389. The molecule has 26 heavy (non-hydrogen) atoms. The van der Waals surface area contributed by atoms with Crippen LogP contribution in [-0.4, -0.2) is 40.5 Å². The van der Waals surface area contributed by atoms with Gasteiger partial charge in [-0.2, -0.15) is 0 Å². The molecule has 2 aromatic rings. The third-order valence-electron chi connectivity index (χ3n) is 5.30. The minimum atomic E-state index is -3.68. The topological polar surface area (TPSA) is 78.5 Å². The average molecular weight is 396 g/mol. The molecule has 4 rings (SSSR count). The summed E-state index contributed by atoms with van der Waals surface area (Å²) in [5, 5.41) is 4.55. The Morgan fingerprint density at radius 1 is 1.23 bits per heavy atom. The number of hydrogen-bond acceptors (Lipinski definition) is 4. The smallest absolute Gasteiger partial charge is 0.258 e. The van der Waals surface area contributed by atoms with Crippen LogP contribution < -0.4 is 14.9 Å². The Balaban J connectivity index is 0.00000196. The lowest BCUT2D eigenvalue weighted by molar-refractivity contribution is 0.0999. The summed E-state index contributed by atoms with van der Waals surface area (Å²) in [5.74, 6) is 0.175. The Morgan fingerprint density at radius 2 is 2.00 bits per heavy atom. The van der Waals surface area contributed by atoms with Crippen LogP contribution >= 0.6 is 12.4 Å². The zero-order chi connectivity index (χ0) is 17.8. The summed E-state index contributed by atoms with van der Waals surface area (Å²) in [4.78, 5) is 14.1. The van der Waals surface area contributed by atoms with E-state index < -0.39 is 10.0 Å². The zero-order valence-electron chi connectivity index (χ0n) is 14.7. The van der Waals surface area contributed by atoms with Crippen molar-refractivity contribution in [3.8, 4) is 0 Å². The summed E-state index contributed by atoms with van der Waals surface area (Å²) < 4.78 is 28.9. The van der Waals surface area contributed by atoms with Gasteiger partial charge < -0.3 is 10.2 Å². The van der Waals surface area contributed by atoms with Crippen LogP contribution in [0.5, 0.6) is 0 Å². The first kappa shape index (κ1) is 19.1. The molecule has 0 aromatic heterocycles. The van der Waals surface area contributed by atoms with Crippen LogP contribution in [-0.2, 0) is 10.0 Å². The van der Waals surface area contributed by atoms with Crippen LogP contribution in [0.4, 0.5) is 5.69 Å². The van der Waals surface area contributed by atoms with E-state index in [0.717, 1.165) is 18.7 Å². The van der Waals surface area contributed by atoms with Crippen LogP contribution in [0.25, 0.3) is 10.8 Å². The fourth-order valence-electron chi connectivity index (χ4n) is 3.75. The molecule has 1 fully saturated rings. The number of nitrogens with one attached hydrogen (secondary N) is 2. The minimum absolute atomic E-state index is 0.